The molecule has 27 heavy (non-hydrogen) atoms. The molecule has 2 aromatic carbocycles. The van der Waals surface area contributed by atoms with E-state index in [2.05, 4.69) is 21.7 Å². The fourth-order valence-electron chi connectivity index (χ4n) is 3.86. The quantitative estimate of drug-likeness (QED) is 0.660. The molecular formula is C22H22F2N2O. The minimum atomic E-state index is -0.411. The third-order valence-corrected chi connectivity index (χ3v) is 5.17. The van der Waals surface area contributed by atoms with Crippen LogP contribution in [0.4, 0.5) is 8.78 Å². The Balaban J connectivity index is 1.74. The lowest BCUT2D eigenvalue weighted by Gasteiger charge is -2.31. The van der Waals surface area contributed by atoms with Crippen molar-refractivity contribution >= 4 is 0 Å². The third kappa shape index (κ3) is 3.60. The molecule has 4 rings (SSSR count). The van der Waals surface area contributed by atoms with Crippen molar-refractivity contribution in [2.75, 3.05) is 13.7 Å². The van der Waals surface area contributed by atoms with E-state index in [0.29, 0.717) is 12.1 Å². The van der Waals surface area contributed by atoms with Gasteiger partial charge in [0.2, 0.25) is 0 Å². The number of benzene rings is 2. The van der Waals surface area contributed by atoms with Gasteiger partial charge in [0.1, 0.15) is 17.4 Å². The average molecular weight is 368 g/mol. The molecule has 2 heterocycles. The normalized spacial score (nSPS) is 17.4. The van der Waals surface area contributed by atoms with Crippen LogP contribution in [0.3, 0.4) is 0 Å². The van der Waals surface area contributed by atoms with Crippen molar-refractivity contribution in [2.45, 2.75) is 25.6 Å². The molecule has 3 nitrogen and oxygen atoms in total. The number of fused-ring (bicyclic) bond motifs is 1. The second-order valence-electron chi connectivity index (χ2n) is 6.86. The van der Waals surface area contributed by atoms with Gasteiger partial charge in [-0.2, -0.15) is 0 Å². The number of hydrogen-bond donors (Lipinski definition) is 0. The topological polar surface area (TPSA) is 17.4 Å². The van der Waals surface area contributed by atoms with Crippen LogP contribution in [0.25, 0.3) is 0 Å². The van der Waals surface area contributed by atoms with Crippen LogP contribution in [0.5, 0.6) is 5.75 Å². The third-order valence-electron chi connectivity index (χ3n) is 5.17. The van der Waals surface area contributed by atoms with E-state index >= 15 is 0 Å². The number of rotatable bonds is 4. The van der Waals surface area contributed by atoms with Crippen LogP contribution in [0, 0.1) is 11.6 Å². The van der Waals surface area contributed by atoms with Gasteiger partial charge in [-0.1, -0.05) is 12.1 Å². The van der Waals surface area contributed by atoms with E-state index in [4.69, 9.17) is 4.74 Å². The summed E-state index contributed by atoms with van der Waals surface area (Å²) in [6, 6.07) is 15.7. The highest BCUT2D eigenvalue weighted by Gasteiger charge is 2.28. The molecule has 3 aromatic rings. The molecule has 0 fully saturated rings. The van der Waals surface area contributed by atoms with Crippen molar-refractivity contribution in [3.8, 4) is 5.75 Å². The van der Waals surface area contributed by atoms with E-state index in [9.17, 15) is 8.78 Å². The molecule has 0 spiro atoms. The first kappa shape index (κ1) is 17.7. The summed E-state index contributed by atoms with van der Waals surface area (Å²) in [5.41, 5.74) is 2.65. The predicted octanol–water partition coefficient (Wildman–Crippen LogP) is 4.77. The van der Waals surface area contributed by atoms with Crippen LogP contribution < -0.4 is 4.74 Å². The molecule has 1 aliphatic rings. The molecule has 1 unspecified atom stereocenters. The maximum absolute atomic E-state index is 14.3. The molecule has 1 aliphatic heterocycles. The highest BCUT2D eigenvalue weighted by molar-refractivity contribution is 5.34. The molecule has 1 aromatic heterocycles. The Kier molecular flexibility index (Phi) is 4.94. The molecule has 140 valence electrons. The molecule has 1 atom stereocenters. The summed E-state index contributed by atoms with van der Waals surface area (Å²) in [5, 5.41) is 0. The lowest BCUT2D eigenvalue weighted by Crippen LogP contribution is -2.30. The van der Waals surface area contributed by atoms with E-state index in [1.807, 2.05) is 30.3 Å². The lowest BCUT2D eigenvalue weighted by atomic mass is 10.0. The number of nitrogens with zero attached hydrogens (tertiary/aromatic N) is 2. The number of hydrogen-bond acceptors (Lipinski definition) is 2. The van der Waals surface area contributed by atoms with E-state index < -0.39 is 5.82 Å². The van der Waals surface area contributed by atoms with Crippen LogP contribution in [0.2, 0.25) is 0 Å². The largest absolute Gasteiger partial charge is 0.497 e. The zero-order chi connectivity index (χ0) is 18.8. The predicted molar refractivity (Wildman–Crippen MR) is 101 cm³/mol. The lowest BCUT2D eigenvalue weighted by molar-refractivity contribution is 0.217. The Labute approximate surface area is 157 Å². The Bertz CT molecular complexity index is 920. The summed E-state index contributed by atoms with van der Waals surface area (Å²) >= 11 is 0. The van der Waals surface area contributed by atoms with Crippen LogP contribution >= 0.6 is 0 Å². The van der Waals surface area contributed by atoms with Crippen molar-refractivity contribution < 1.29 is 13.5 Å². The molecule has 0 amide bonds. The first-order valence-corrected chi connectivity index (χ1v) is 9.12. The van der Waals surface area contributed by atoms with Crippen molar-refractivity contribution in [2.24, 2.45) is 0 Å². The molecule has 0 saturated heterocycles. The average Bonchev–Trinajstić information content (AvgIpc) is 3.06. The van der Waals surface area contributed by atoms with Crippen molar-refractivity contribution in [1.29, 1.82) is 0 Å². The van der Waals surface area contributed by atoms with Gasteiger partial charge in [0.15, 0.2) is 0 Å². The summed E-state index contributed by atoms with van der Waals surface area (Å²) in [7, 11) is 1.64. The van der Waals surface area contributed by atoms with Crippen molar-refractivity contribution in [3.63, 3.8) is 0 Å². The Morgan fingerprint density at radius 1 is 1.04 bits per heavy atom. The summed E-state index contributed by atoms with van der Waals surface area (Å²) in [6.07, 6.45) is 3.03. The van der Waals surface area contributed by atoms with Crippen molar-refractivity contribution in [1.82, 2.24) is 9.47 Å². The minimum Gasteiger partial charge on any atom is -0.497 e. The number of halogens is 2. The summed E-state index contributed by atoms with van der Waals surface area (Å²) in [5.74, 6) is 0.0144. The van der Waals surface area contributed by atoms with Gasteiger partial charge in [-0.3, -0.25) is 4.90 Å². The van der Waals surface area contributed by atoms with Crippen molar-refractivity contribution in [3.05, 3.63) is 89.2 Å². The van der Waals surface area contributed by atoms with Crippen LogP contribution in [0.1, 0.15) is 29.3 Å². The van der Waals surface area contributed by atoms with Crippen LogP contribution in [-0.4, -0.2) is 23.1 Å². The van der Waals surface area contributed by atoms with E-state index in [1.165, 1.54) is 12.1 Å². The van der Waals surface area contributed by atoms with Gasteiger partial charge >= 0.3 is 0 Å². The molecule has 0 aliphatic carbocycles. The maximum Gasteiger partial charge on any atom is 0.127 e. The minimum absolute atomic E-state index is 0.0314. The highest BCUT2D eigenvalue weighted by atomic mass is 19.1. The SMILES string of the molecule is COc1ccc(C2c3cccn3CCCN2Cc2cc(F)ccc2F)cc1. The Morgan fingerprint density at radius 2 is 1.85 bits per heavy atom. The van der Waals surface area contributed by atoms with Gasteiger partial charge in [-0.15, -0.1) is 0 Å². The molecule has 5 heteroatoms. The zero-order valence-corrected chi connectivity index (χ0v) is 15.2. The van der Waals surface area contributed by atoms with Gasteiger partial charge < -0.3 is 9.30 Å². The van der Waals surface area contributed by atoms with Crippen LogP contribution in [-0.2, 0) is 13.1 Å². The first-order chi connectivity index (χ1) is 13.2. The smallest absolute Gasteiger partial charge is 0.127 e. The van der Waals surface area contributed by atoms with Gasteiger partial charge in [0.05, 0.1) is 13.2 Å². The summed E-state index contributed by atoms with van der Waals surface area (Å²) in [4.78, 5) is 2.22. The molecular weight excluding hydrogens is 346 g/mol. The fraction of sp³-hybridized carbons (Fsp3) is 0.273. The first-order valence-electron chi connectivity index (χ1n) is 9.12. The summed E-state index contributed by atoms with van der Waals surface area (Å²) < 4.78 is 35.5. The van der Waals surface area contributed by atoms with Gasteiger partial charge in [0, 0.05) is 37.1 Å². The van der Waals surface area contributed by atoms with E-state index in [-0.39, 0.29) is 11.9 Å². The molecule has 0 bridgehead atoms. The summed E-state index contributed by atoms with van der Waals surface area (Å²) in [6.45, 7) is 2.07. The van der Waals surface area contributed by atoms with Crippen LogP contribution in [0.15, 0.2) is 60.8 Å². The fourth-order valence-corrected chi connectivity index (χ4v) is 3.86. The van der Waals surface area contributed by atoms with Gasteiger partial charge in [-0.25, -0.2) is 8.78 Å². The second-order valence-corrected chi connectivity index (χ2v) is 6.86. The van der Waals surface area contributed by atoms with Gasteiger partial charge in [-0.05, 0) is 54.4 Å². The number of ether oxygens (including phenoxy) is 1. The molecule has 0 radical (unpaired) electrons. The number of aromatic nitrogens is 1. The maximum atomic E-state index is 14.3. The van der Waals surface area contributed by atoms with E-state index in [0.717, 1.165) is 42.6 Å². The second kappa shape index (κ2) is 7.53. The Morgan fingerprint density at radius 3 is 2.63 bits per heavy atom. The number of aryl methyl sites for hydroxylation is 1. The number of methoxy groups -OCH3 is 1. The standard InChI is InChI=1S/C22H22F2N2O/c1-27-19-8-5-16(6-9-19)22-21-4-2-11-25(21)12-3-13-26(22)15-17-14-18(23)7-10-20(17)24/h2,4-11,14,22H,3,12-13,15H2,1H3. The Hall–Kier alpha value is -2.66. The molecule has 0 saturated carbocycles. The molecule has 0 N–H and O–H groups in total. The zero-order valence-electron chi connectivity index (χ0n) is 15.2. The van der Waals surface area contributed by atoms with Gasteiger partial charge in [0.25, 0.3) is 0 Å². The highest BCUT2D eigenvalue weighted by Crippen LogP contribution is 2.34. The van der Waals surface area contributed by atoms with E-state index in [1.54, 1.807) is 7.11 Å². The monoisotopic (exact) mass is 368 g/mol.